The van der Waals surface area contributed by atoms with Crippen molar-refractivity contribution < 1.29 is 19.0 Å². The molecule has 1 saturated heterocycles. The molecule has 0 radical (unpaired) electrons. The van der Waals surface area contributed by atoms with Crippen molar-refractivity contribution in [3.05, 3.63) is 18.2 Å². The SMILES string of the molecule is COc1ccc(NC(=O)CN2C[C@H](C)O[C@@H](C)C2)cc1OC. The Morgan fingerprint density at radius 3 is 2.45 bits per heavy atom. The lowest BCUT2D eigenvalue weighted by Crippen LogP contribution is -2.48. The van der Waals surface area contributed by atoms with Gasteiger partial charge in [0.25, 0.3) is 0 Å². The first kappa shape index (κ1) is 16.6. The second-order valence-electron chi connectivity index (χ2n) is 5.57. The minimum Gasteiger partial charge on any atom is -0.493 e. The number of ether oxygens (including phenoxy) is 3. The predicted molar refractivity (Wildman–Crippen MR) is 84.6 cm³/mol. The van der Waals surface area contributed by atoms with E-state index in [-0.39, 0.29) is 18.1 Å². The van der Waals surface area contributed by atoms with Crippen molar-refractivity contribution in [2.24, 2.45) is 0 Å². The molecule has 6 heteroatoms. The molecule has 1 amide bonds. The fraction of sp³-hybridized carbons (Fsp3) is 0.562. The van der Waals surface area contributed by atoms with Gasteiger partial charge in [0.1, 0.15) is 0 Å². The maximum absolute atomic E-state index is 12.2. The van der Waals surface area contributed by atoms with E-state index in [9.17, 15) is 4.79 Å². The van der Waals surface area contributed by atoms with Crippen LogP contribution >= 0.6 is 0 Å². The molecule has 1 aliphatic rings. The van der Waals surface area contributed by atoms with Crippen LogP contribution in [0.5, 0.6) is 11.5 Å². The molecule has 22 heavy (non-hydrogen) atoms. The van der Waals surface area contributed by atoms with Gasteiger partial charge in [0.2, 0.25) is 5.91 Å². The minimum atomic E-state index is -0.0477. The number of morpholine rings is 1. The topological polar surface area (TPSA) is 60.0 Å². The van der Waals surface area contributed by atoms with Crippen LogP contribution in [0.1, 0.15) is 13.8 Å². The summed E-state index contributed by atoms with van der Waals surface area (Å²) >= 11 is 0. The highest BCUT2D eigenvalue weighted by molar-refractivity contribution is 5.92. The molecule has 1 heterocycles. The maximum Gasteiger partial charge on any atom is 0.238 e. The highest BCUT2D eigenvalue weighted by Crippen LogP contribution is 2.29. The normalized spacial score (nSPS) is 22.2. The monoisotopic (exact) mass is 308 g/mol. The molecule has 0 saturated carbocycles. The van der Waals surface area contributed by atoms with Gasteiger partial charge >= 0.3 is 0 Å². The van der Waals surface area contributed by atoms with Gasteiger partial charge in [-0.25, -0.2) is 0 Å². The number of rotatable bonds is 5. The van der Waals surface area contributed by atoms with Gasteiger partial charge in [-0.15, -0.1) is 0 Å². The summed E-state index contributed by atoms with van der Waals surface area (Å²) in [7, 11) is 3.15. The maximum atomic E-state index is 12.2. The Morgan fingerprint density at radius 2 is 1.86 bits per heavy atom. The second-order valence-corrected chi connectivity index (χ2v) is 5.57. The van der Waals surface area contributed by atoms with Crippen LogP contribution in [-0.4, -0.2) is 56.9 Å². The van der Waals surface area contributed by atoms with Gasteiger partial charge in [0.15, 0.2) is 11.5 Å². The molecule has 0 aliphatic carbocycles. The van der Waals surface area contributed by atoms with Crippen molar-refractivity contribution in [2.75, 3.05) is 39.2 Å². The van der Waals surface area contributed by atoms with Gasteiger partial charge in [-0.05, 0) is 26.0 Å². The third-order valence-electron chi connectivity index (χ3n) is 3.53. The van der Waals surface area contributed by atoms with Crippen LogP contribution in [-0.2, 0) is 9.53 Å². The fourth-order valence-corrected chi connectivity index (χ4v) is 2.73. The number of hydrogen-bond donors (Lipinski definition) is 1. The smallest absolute Gasteiger partial charge is 0.238 e. The van der Waals surface area contributed by atoms with Crippen LogP contribution in [0.3, 0.4) is 0 Å². The summed E-state index contributed by atoms with van der Waals surface area (Å²) in [4.78, 5) is 14.3. The van der Waals surface area contributed by atoms with Crippen molar-refractivity contribution >= 4 is 11.6 Å². The van der Waals surface area contributed by atoms with Crippen molar-refractivity contribution in [3.63, 3.8) is 0 Å². The molecule has 1 aliphatic heterocycles. The standard InChI is InChI=1S/C16H24N2O4/c1-11-8-18(9-12(2)22-11)10-16(19)17-13-5-6-14(20-3)15(7-13)21-4/h5-7,11-12H,8-10H2,1-4H3,(H,17,19)/t11-,12-/m0/s1. The first-order valence-corrected chi connectivity index (χ1v) is 7.41. The van der Waals surface area contributed by atoms with Gasteiger partial charge in [0.05, 0.1) is 33.0 Å². The van der Waals surface area contributed by atoms with E-state index in [2.05, 4.69) is 10.2 Å². The Labute approximate surface area is 131 Å². The Bertz CT molecular complexity index is 511. The molecule has 0 bridgehead atoms. The number of anilines is 1. The number of amides is 1. The lowest BCUT2D eigenvalue weighted by atomic mass is 10.2. The fourth-order valence-electron chi connectivity index (χ4n) is 2.73. The van der Waals surface area contributed by atoms with E-state index >= 15 is 0 Å². The number of benzene rings is 1. The third kappa shape index (κ3) is 4.35. The largest absolute Gasteiger partial charge is 0.493 e. The molecule has 1 aromatic carbocycles. The minimum absolute atomic E-state index is 0.0477. The average molecular weight is 308 g/mol. The summed E-state index contributed by atoms with van der Waals surface area (Å²) in [6, 6.07) is 5.32. The molecule has 0 unspecified atom stereocenters. The molecule has 0 spiro atoms. The van der Waals surface area contributed by atoms with Gasteiger partial charge in [-0.1, -0.05) is 0 Å². The zero-order chi connectivity index (χ0) is 16.1. The van der Waals surface area contributed by atoms with Crippen LogP contribution < -0.4 is 14.8 Å². The first-order chi connectivity index (χ1) is 10.5. The molecule has 122 valence electrons. The molecule has 0 aromatic heterocycles. The second kappa shape index (κ2) is 7.47. The first-order valence-electron chi connectivity index (χ1n) is 7.41. The number of carbonyl (C=O) groups is 1. The van der Waals surface area contributed by atoms with Crippen molar-refractivity contribution in [2.45, 2.75) is 26.1 Å². The van der Waals surface area contributed by atoms with E-state index in [1.54, 1.807) is 32.4 Å². The number of hydrogen-bond acceptors (Lipinski definition) is 5. The highest BCUT2D eigenvalue weighted by Gasteiger charge is 2.23. The van der Waals surface area contributed by atoms with Crippen LogP contribution in [0.4, 0.5) is 5.69 Å². The van der Waals surface area contributed by atoms with Crippen LogP contribution in [0.2, 0.25) is 0 Å². The van der Waals surface area contributed by atoms with E-state index in [4.69, 9.17) is 14.2 Å². The van der Waals surface area contributed by atoms with Gasteiger partial charge in [-0.2, -0.15) is 0 Å². The van der Waals surface area contributed by atoms with Gasteiger partial charge < -0.3 is 19.5 Å². The van der Waals surface area contributed by atoms with E-state index < -0.39 is 0 Å². The molecular formula is C16H24N2O4. The predicted octanol–water partition coefficient (Wildman–Crippen LogP) is 1.75. The molecule has 6 nitrogen and oxygen atoms in total. The van der Waals surface area contributed by atoms with E-state index in [1.807, 2.05) is 13.8 Å². The number of carbonyl (C=O) groups excluding carboxylic acids is 1. The summed E-state index contributed by atoms with van der Waals surface area (Å²) in [6.07, 6.45) is 0.301. The van der Waals surface area contributed by atoms with E-state index in [0.717, 1.165) is 13.1 Å². The Morgan fingerprint density at radius 1 is 1.23 bits per heavy atom. The van der Waals surface area contributed by atoms with Crippen LogP contribution in [0.15, 0.2) is 18.2 Å². The summed E-state index contributed by atoms with van der Waals surface area (Å²) in [6.45, 7) is 5.93. The van der Waals surface area contributed by atoms with Crippen LogP contribution in [0, 0.1) is 0 Å². The van der Waals surface area contributed by atoms with Crippen molar-refractivity contribution in [1.82, 2.24) is 4.90 Å². The van der Waals surface area contributed by atoms with Crippen molar-refractivity contribution in [3.8, 4) is 11.5 Å². The molecule has 2 rings (SSSR count). The molecule has 1 fully saturated rings. The Kier molecular flexibility index (Phi) is 5.63. The molecule has 1 aromatic rings. The number of nitrogens with one attached hydrogen (secondary N) is 1. The lowest BCUT2D eigenvalue weighted by Gasteiger charge is -2.34. The molecular weight excluding hydrogens is 284 g/mol. The number of nitrogens with zero attached hydrogens (tertiary/aromatic N) is 1. The third-order valence-corrected chi connectivity index (χ3v) is 3.53. The highest BCUT2D eigenvalue weighted by atomic mass is 16.5. The summed E-state index contributed by atoms with van der Waals surface area (Å²) in [5.74, 6) is 1.18. The van der Waals surface area contributed by atoms with E-state index in [1.165, 1.54) is 0 Å². The van der Waals surface area contributed by atoms with Gasteiger partial charge in [0, 0.05) is 24.8 Å². The van der Waals surface area contributed by atoms with E-state index in [0.29, 0.717) is 23.7 Å². The van der Waals surface area contributed by atoms with Crippen molar-refractivity contribution in [1.29, 1.82) is 0 Å². The zero-order valence-corrected chi connectivity index (χ0v) is 13.6. The zero-order valence-electron chi connectivity index (χ0n) is 13.6. The summed E-state index contributed by atoms with van der Waals surface area (Å²) in [5, 5.41) is 2.89. The van der Waals surface area contributed by atoms with Gasteiger partial charge in [-0.3, -0.25) is 9.69 Å². The summed E-state index contributed by atoms with van der Waals surface area (Å²) < 4.78 is 16.1. The summed E-state index contributed by atoms with van der Waals surface area (Å²) in [5.41, 5.74) is 0.692. The molecule has 2 atom stereocenters. The average Bonchev–Trinajstić information content (AvgIpc) is 2.45. The van der Waals surface area contributed by atoms with Crippen LogP contribution in [0.25, 0.3) is 0 Å². The quantitative estimate of drug-likeness (QED) is 0.898. The Balaban J connectivity index is 1.94. The lowest BCUT2D eigenvalue weighted by molar-refractivity contribution is -0.121. The number of methoxy groups -OCH3 is 2. The Hall–Kier alpha value is -1.79. The molecule has 1 N–H and O–H groups in total.